The van der Waals surface area contributed by atoms with Crippen LogP contribution in [0.15, 0.2) is 60.8 Å². The largest absolute Gasteiger partial charge is 0.417 e. The van der Waals surface area contributed by atoms with Crippen molar-refractivity contribution < 1.29 is 36.3 Å². The van der Waals surface area contributed by atoms with E-state index in [1.165, 1.54) is 42.3 Å². The smallest absolute Gasteiger partial charge is 0.410 e. The Morgan fingerprint density at radius 3 is 2.30 bits per heavy atom. The first-order valence-corrected chi connectivity index (χ1v) is 14.0. The Morgan fingerprint density at radius 2 is 1.70 bits per heavy atom. The number of hydrogen-bond donors (Lipinski definition) is 0. The molecule has 0 aliphatic carbocycles. The molecule has 3 aromatic rings. The highest BCUT2D eigenvalue weighted by Gasteiger charge is 2.43. The molecule has 2 aromatic carbocycles. The molecule has 43 heavy (non-hydrogen) atoms. The first-order chi connectivity index (χ1) is 20.4. The predicted molar refractivity (Wildman–Crippen MR) is 149 cm³/mol. The molecule has 0 spiro atoms. The summed E-state index contributed by atoms with van der Waals surface area (Å²) in [7, 11) is 1.53. The van der Waals surface area contributed by atoms with Gasteiger partial charge in [-0.25, -0.2) is 18.6 Å². The molecule has 13 heteroatoms. The van der Waals surface area contributed by atoms with Crippen molar-refractivity contribution in [3.63, 3.8) is 0 Å². The molecule has 2 aliphatic heterocycles. The van der Waals surface area contributed by atoms with E-state index in [9.17, 15) is 31.5 Å². The number of hydrogen-bond acceptors (Lipinski definition) is 5. The maximum atomic E-state index is 14.4. The quantitative estimate of drug-likeness (QED) is 0.309. The minimum atomic E-state index is -4.47. The summed E-state index contributed by atoms with van der Waals surface area (Å²) in [5.74, 6) is -1.46. The monoisotopic (exact) mass is 622 g/mol. The van der Waals surface area contributed by atoms with Gasteiger partial charge in [-0.15, -0.1) is 0 Å². The molecule has 0 N–H and O–H groups in total. The van der Waals surface area contributed by atoms with Crippen LogP contribution in [-0.4, -0.2) is 66.1 Å². The summed E-state index contributed by atoms with van der Waals surface area (Å²) in [6, 6.07) is 11.1. The number of piperidine rings is 1. The van der Waals surface area contributed by atoms with Crippen molar-refractivity contribution in [3.05, 3.63) is 88.6 Å². The summed E-state index contributed by atoms with van der Waals surface area (Å²) >= 11 is 5.89. The van der Waals surface area contributed by atoms with Crippen molar-refractivity contribution in [1.29, 1.82) is 0 Å². The second-order valence-electron chi connectivity index (χ2n) is 10.7. The number of pyridine rings is 1. The average Bonchev–Trinajstić information content (AvgIpc) is 3.44. The van der Waals surface area contributed by atoms with Gasteiger partial charge in [-0.2, -0.15) is 13.2 Å². The van der Waals surface area contributed by atoms with Crippen LogP contribution in [0.5, 0.6) is 5.75 Å². The molecule has 0 unspecified atom stereocenters. The highest BCUT2D eigenvalue weighted by molar-refractivity contribution is 6.30. The predicted octanol–water partition coefficient (Wildman–Crippen LogP) is 6.37. The van der Waals surface area contributed by atoms with Gasteiger partial charge in [0.2, 0.25) is 5.91 Å². The molecule has 0 radical (unpaired) electrons. The summed E-state index contributed by atoms with van der Waals surface area (Å²) in [4.78, 5) is 35.5. The Labute approximate surface area is 249 Å². The lowest BCUT2D eigenvalue weighted by Crippen LogP contribution is -2.45. The van der Waals surface area contributed by atoms with Crippen LogP contribution < -0.4 is 9.64 Å². The fourth-order valence-corrected chi connectivity index (χ4v) is 5.71. The zero-order valence-electron chi connectivity index (χ0n) is 23.0. The lowest BCUT2D eigenvalue weighted by molar-refractivity contribution is -0.138. The number of halogens is 6. The number of carbonyl (C=O) groups is 2. The van der Waals surface area contributed by atoms with Crippen LogP contribution in [0, 0.1) is 17.6 Å². The minimum Gasteiger partial charge on any atom is -0.410 e. The number of alkyl halides is 3. The van der Waals surface area contributed by atoms with Gasteiger partial charge in [-0.05, 0) is 66.9 Å². The minimum absolute atomic E-state index is 0.0513. The number of likely N-dealkylation sites (N-methyl/N-ethyl adjacent to an activating group) is 1. The molecule has 2 fully saturated rings. The molecule has 0 saturated carbocycles. The van der Waals surface area contributed by atoms with Gasteiger partial charge < -0.3 is 19.4 Å². The number of benzene rings is 2. The fraction of sp³-hybridized carbons (Fsp3) is 0.367. The Balaban J connectivity index is 1.28. The molecule has 2 saturated heterocycles. The summed E-state index contributed by atoms with van der Waals surface area (Å²) in [5, 5.41) is -0.0513. The van der Waals surface area contributed by atoms with E-state index in [0.717, 1.165) is 24.4 Å². The Morgan fingerprint density at radius 1 is 1.00 bits per heavy atom. The normalized spacial score (nSPS) is 19.4. The Bertz CT molecular complexity index is 1460. The standard InChI is InChI=1S/C30H28ClF5N4O3/c1-38(29(42)43-22-6-4-21(32)5-7-22)26-17-40(16-23(26)19-2-8-24(31)25(33)14-19)28(41)18-10-12-39(13-11-18)27-9-3-20(15-37-27)30(34,35)36/h2-9,14-15,18,23,26H,10-13,16-17H2,1H3/t23-,26+/m0/s1. The van der Waals surface area contributed by atoms with Crippen molar-refractivity contribution in [2.24, 2.45) is 5.92 Å². The van der Waals surface area contributed by atoms with Gasteiger partial charge in [0, 0.05) is 51.3 Å². The summed E-state index contributed by atoms with van der Waals surface area (Å²) in [5.41, 5.74) is -0.265. The first-order valence-electron chi connectivity index (χ1n) is 13.6. The Hall–Kier alpha value is -3.93. The van der Waals surface area contributed by atoms with Gasteiger partial charge in [-0.3, -0.25) is 4.79 Å². The first kappa shape index (κ1) is 30.5. The van der Waals surface area contributed by atoms with Crippen LogP contribution in [0.4, 0.5) is 32.6 Å². The van der Waals surface area contributed by atoms with Gasteiger partial charge in [0.25, 0.3) is 0 Å². The lowest BCUT2D eigenvalue weighted by Gasteiger charge is -2.34. The van der Waals surface area contributed by atoms with Crippen molar-refractivity contribution in [2.75, 3.05) is 38.1 Å². The molecule has 5 rings (SSSR count). The van der Waals surface area contributed by atoms with E-state index >= 15 is 0 Å². The van der Waals surface area contributed by atoms with Gasteiger partial charge in [0.15, 0.2) is 0 Å². The third-order valence-corrected chi connectivity index (χ3v) is 8.33. The Kier molecular flexibility index (Phi) is 8.77. The van der Waals surface area contributed by atoms with E-state index in [4.69, 9.17) is 16.3 Å². The molecule has 2 amide bonds. The fourth-order valence-electron chi connectivity index (χ4n) is 5.59. The number of anilines is 1. The summed E-state index contributed by atoms with van der Waals surface area (Å²) in [6.45, 7) is 1.26. The number of ether oxygens (including phenoxy) is 1. The van der Waals surface area contributed by atoms with Crippen LogP contribution >= 0.6 is 11.6 Å². The molecule has 1 aromatic heterocycles. The number of amides is 2. The zero-order chi connectivity index (χ0) is 30.9. The SMILES string of the molecule is CN(C(=O)Oc1ccc(F)cc1)[C@@H]1CN(C(=O)C2CCN(c3ccc(C(F)(F)F)cn3)CC2)C[C@H]1c1ccc(Cl)c(F)c1. The third kappa shape index (κ3) is 6.84. The molecule has 7 nitrogen and oxygen atoms in total. The summed E-state index contributed by atoms with van der Waals surface area (Å²) < 4.78 is 71.8. The number of nitrogens with zero attached hydrogens (tertiary/aromatic N) is 4. The van der Waals surface area contributed by atoms with E-state index in [-0.39, 0.29) is 35.7 Å². The zero-order valence-corrected chi connectivity index (χ0v) is 23.8. The van der Waals surface area contributed by atoms with Crippen LogP contribution in [0.25, 0.3) is 0 Å². The maximum absolute atomic E-state index is 14.4. The van der Waals surface area contributed by atoms with E-state index in [1.807, 2.05) is 4.90 Å². The van der Waals surface area contributed by atoms with Crippen molar-refractivity contribution in [1.82, 2.24) is 14.8 Å². The van der Waals surface area contributed by atoms with Gasteiger partial charge in [0.05, 0.1) is 16.6 Å². The van der Waals surface area contributed by atoms with Crippen molar-refractivity contribution >= 4 is 29.4 Å². The number of likely N-dealkylation sites (tertiary alicyclic amines) is 1. The van der Waals surface area contributed by atoms with Crippen LogP contribution in [0.3, 0.4) is 0 Å². The topological polar surface area (TPSA) is 66.0 Å². The van der Waals surface area contributed by atoms with E-state index in [1.54, 1.807) is 11.0 Å². The second kappa shape index (κ2) is 12.4. The van der Waals surface area contributed by atoms with Gasteiger partial charge in [0.1, 0.15) is 23.2 Å². The average molecular weight is 623 g/mol. The van der Waals surface area contributed by atoms with Crippen LogP contribution in [-0.2, 0) is 11.0 Å². The van der Waals surface area contributed by atoms with E-state index in [0.29, 0.717) is 37.3 Å². The molecule has 2 atom stereocenters. The molecule has 3 heterocycles. The molecule has 2 aliphatic rings. The van der Waals surface area contributed by atoms with Gasteiger partial charge >= 0.3 is 12.3 Å². The van der Waals surface area contributed by atoms with Crippen LogP contribution in [0.2, 0.25) is 5.02 Å². The highest BCUT2D eigenvalue weighted by atomic mass is 35.5. The number of aromatic nitrogens is 1. The van der Waals surface area contributed by atoms with Crippen molar-refractivity contribution in [3.8, 4) is 5.75 Å². The lowest BCUT2D eigenvalue weighted by atomic mass is 9.93. The van der Waals surface area contributed by atoms with Crippen LogP contribution in [0.1, 0.15) is 29.9 Å². The summed E-state index contributed by atoms with van der Waals surface area (Å²) in [6.07, 6.45) is -3.46. The number of carbonyl (C=O) groups excluding carboxylic acids is 2. The van der Waals surface area contributed by atoms with Gasteiger partial charge in [-0.1, -0.05) is 17.7 Å². The molecular formula is C30H28ClF5N4O3. The molecule has 0 bridgehead atoms. The van der Waals surface area contributed by atoms with Crippen molar-refractivity contribution in [2.45, 2.75) is 31.0 Å². The third-order valence-electron chi connectivity index (χ3n) is 8.02. The van der Waals surface area contributed by atoms with E-state index in [2.05, 4.69) is 4.98 Å². The molecule has 228 valence electrons. The maximum Gasteiger partial charge on any atom is 0.417 e. The molecular weight excluding hydrogens is 595 g/mol. The van der Waals surface area contributed by atoms with E-state index < -0.39 is 41.4 Å². The number of rotatable bonds is 5. The second-order valence-corrected chi connectivity index (χ2v) is 11.1. The highest BCUT2D eigenvalue weighted by Crippen LogP contribution is 2.35.